The van der Waals surface area contributed by atoms with E-state index in [1.807, 2.05) is 65.6 Å². The van der Waals surface area contributed by atoms with Crippen LogP contribution in [0.15, 0.2) is 71.8 Å². The fraction of sp³-hybridized carbons (Fsp3) is 0.286. The number of ether oxygens (including phenoxy) is 2. The molecule has 1 saturated heterocycles. The van der Waals surface area contributed by atoms with Crippen LogP contribution < -0.4 is 9.47 Å². The van der Waals surface area contributed by atoms with Gasteiger partial charge in [0.05, 0.1) is 16.8 Å². The molecule has 0 aliphatic carbocycles. The fourth-order valence-electron chi connectivity index (χ4n) is 5.32. The number of fused-ring (bicyclic) bond motifs is 4. The average molecular weight is 522 g/mol. The minimum Gasteiger partial charge on any atom is -0.464 e. The second-order valence-corrected chi connectivity index (χ2v) is 10.3. The summed E-state index contributed by atoms with van der Waals surface area (Å²) < 4.78 is 12.6. The minimum absolute atomic E-state index is 0.0518. The van der Waals surface area contributed by atoms with Crippen LogP contribution >= 0.6 is 23.2 Å². The Balaban J connectivity index is 1.32. The molecule has 3 aliphatic rings. The van der Waals surface area contributed by atoms with Gasteiger partial charge in [-0.05, 0) is 54.1 Å². The first-order chi connectivity index (χ1) is 17.4. The number of halogens is 2. The maximum atomic E-state index is 12.0. The summed E-state index contributed by atoms with van der Waals surface area (Å²) in [4.78, 5) is 13.8. The number of nitrogens with zero attached hydrogens (tertiary/aromatic N) is 3. The van der Waals surface area contributed by atoms with E-state index in [1.54, 1.807) is 13.0 Å². The van der Waals surface area contributed by atoms with Gasteiger partial charge in [0.1, 0.15) is 17.2 Å². The van der Waals surface area contributed by atoms with Crippen LogP contribution in [0.3, 0.4) is 0 Å². The monoisotopic (exact) mass is 521 g/mol. The molecule has 3 aliphatic heterocycles. The largest absolute Gasteiger partial charge is 0.464 e. The van der Waals surface area contributed by atoms with E-state index >= 15 is 0 Å². The molecule has 0 N–H and O–H groups in total. The Morgan fingerprint density at radius 3 is 2.42 bits per heavy atom. The third-order valence-corrected chi connectivity index (χ3v) is 7.67. The summed E-state index contributed by atoms with van der Waals surface area (Å²) in [5.41, 5.74) is 2.26. The van der Waals surface area contributed by atoms with Crippen LogP contribution in [-0.4, -0.2) is 40.3 Å². The highest BCUT2D eigenvalue weighted by Gasteiger charge is 2.52. The first kappa shape index (κ1) is 23.2. The van der Waals surface area contributed by atoms with Gasteiger partial charge in [0, 0.05) is 49.9 Å². The lowest BCUT2D eigenvalue weighted by atomic mass is 9.90. The van der Waals surface area contributed by atoms with Gasteiger partial charge in [-0.2, -0.15) is 5.10 Å². The Labute approximate surface area is 220 Å². The van der Waals surface area contributed by atoms with Crippen LogP contribution in [0.4, 0.5) is 0 Å². The van der Waals surface area contributed by atoms with Crippen molar-refractivity contribution in [2.45, 2.75) is 38.0 Å². The van der Waals surface area contributed by atoms with Crippen molar-refractivity contribution >= 4 is 34.8 Å². The molecule has 0 radical (unpaired) electrons. The molecule has 1 amide bonds. The van der Waals surface area contributed by atoms with Gasteiger partial charge in [-0.25, -0.2) is 5.01 Å². The second-order valence-electron chi connectivity index (χ2n) is 9.41. The molecule has 0 saturated carbocycles. The predicted octanol–water partition coefficient (Wildman–Crippen LogP) is 6.67. The lowest BCUT2D eigenvalue weighted by Gasteiger charge is -2.51. The molecular weight excluding hydrogens is 497 g/mol. The first-order valence-corrected chi connectivity index (χ1v) is 12.8. The smallest absolute Gasteiger partial charge is 0.219 e. The van der Waals surface area contributed by atoms with Crippen molar-refractivity contribution < 1.29 is 14.3 Å². The SMILES string of the molecule is CC(=O)N1CCC2(CC1)Oc1c(Cl)cc(Cl)cc1[C@@H]1CC(c3ccc(Oc4ccccc4)cc3)=NN12. The van der Waals surface area contributed by atoms with Crippen LogP contribution in [0.1, 0.15) is 43.4 Å². The van der Waals surface area contributed by atoms with Gasteiger partial charge >= 0.3 is 0 Å². The zero-order valence-electron chi connectivity index (χ0n) is 19.8. The van der Waals surface area contributed by atoms with Crippen molar-refractivity contribution in [2.75, 3.05) is 13.1 Å². The van der Waals surface area contributed by atoms with Gasteiger partial charge in [0.25, 0.3) is 0 Å². The van der Waals surface area contributed by atoms with Gasteiger partial charge in [-0.3, -0.25) is 4.79 Å². The van der Waals surface area contributed by atoms with E-state index in [9.17, 15) is 4.79 Å². The third kappa shape index (κ3) is 4.08. The van der Waals surface area contributed by atoms with Crippen molar-refractivity contribution in [1.82, 2.24) is 9.91 Å². The highest BCUT2D eigenvalue weighted by Crippen LogP contribution is 2.52. The molecule has 0 aromatic heterocycles. The zero-order chi connectivity index (χ0) is 24.9. The number of para-hydroxylation sites is 1. The Morgan fingerprint density at radius 2 is 1.72 bits per heavy atom. The molecule has 8 heteroatoms. The number of piperidine rings is 1. The van der Waals surface area contributed by atoms with E-state index < -0.39 is 5.72 Å². The lowest BCUT2D eigenvalue weighted by Crippen LogP contribution is -2.59. The molecule has 6 rings (SSSR count). The lowest BCUT2D eigenvalue weighted by molar-refractivity contribution is -0.158. The number of carbonyl (C=O) groups excluding carboxylic acids is 1. The minimum atomic E-state index is -0.667. The number of likely N-dealkylation sites (tertiary alicyclic amines) is 1. The summed E-state index contributed by atoms with van der Waals surface area (Å²) in [7, 11) is 0. The Kier molecular flexibility index (Phi) is 5.81. The maximum absolute atomic E-state index is 12.0. The van der Waals surface area contributed by atoms with Crippen LogP contribution in [0.2, 0.25) is 10.0 Å². The number of benzene rings is 3. The van der Waals surface area contributed by atoms with Crippen molar-refractivity contribution in [2.24, 2.45) is 5.10 Å². The average Bonchev–Trinajstić information content (AvgIpc) is 3.34. The molecule has 1 atom stereocenters. The number of hydrogen-bond acceptors (Lipinski definition) is 5. The summed E-state index contributed by atoms with van der Waals surface area (Å²) in [6.07, 6.45) is 1.98. The fourth-order valence-corrected chi connectivity index (χ4v) is 5.86. The van der Waals surface area contributed by atoms with Crippen LogP contribution in [-0.2, 0) is 4.79 Å². The van der Waals surface area contributed by atoms with Crippen molar-refractivity contribution in [3.05, 3.63) is 87.9 Å². The number of amides is 1. The summed E-state index contributed by atoms with van der Waals surface area (Å²) in [5, 5.41) is 8.25. The van der Waals surface area contributed by atoms with E-state index in [0.717, 1.165) is 28.3 Å². The molecule has 6 nitrogen and oxygen atoms in total. The Bertz CT molecular complexity index is 1340. The zero-order valence-corrected chi connectivity index (χ0v) is 21.3. The second kappa shape index (κ2) is 9.02. The molecule has 0 bridgehead atoms. The molecule has 184 valence electrons. The number of hydrogen-bond donors (Lipinski definition) is 0. The number of hydrazone groups is 1. The molecule has 1 fully saturated rings. The summed E-state index contributed by atoms with van der Waals surface area (Å²) in [6.45, 7) is 2.82. The first-order valence-electron chi connectivity index (χ1n) is 12.1. The summed E-state index contributed by atoms with van der Waals surface area (Å²) >= 11 is 13.0. The van der Waals surface area contributed by atoms with Crippen LogP contribution in [0, 0.1) is 0 Å². The van der Waals surface area contributed by atoms with Gasteiger partial charge in [0.15, 0.2) is 0 Å². The highest BCUT2D eigenvalue weighted by atomic mass is 35.5. The normalized spacial score (nSPS) is 19.9. The summed E-state index contributed by atoms with van der Waals surface area (Å²) in [5.74, 6) is 2.30. The van der Waals surface area contributed by atoms with E-state index in [4.69, 9.17) is 37.8 Å². The molecule has 3 aromatic carbocycles. The van der Waals surface area contributed by atoms with Gasteiger partial charge in [-0.1, -0.05) is 41.4 Å². The van der Waals surface area contributed by atoms with Gasteiger partial charge < -0.3 is 14.4 Å². The van der Waals surface area contributed by atoms with Crippen molar-refractivity contribution in [3.8, 4) is 17.2 Å². The summed E-state index contributed by atoms with van der Waals surface area (Å²) in [6, 6.07) is 21.3. The van der Waals surface area contributed by atoms with Gasteiger partial charge in [0.2, 0.25) is 11.6 Å². The van der Waals surface area contributed by atoms with E-state index in [-0.39, 0.29) is 11.9 Å². The Hall–Kier alpha value is -3.22. The molecule has 0 unspecified atom stereocenters. The standard InChI is InChI=1S/C28H25Cl2N3O3/c1-18(34)32-13-11-28(12-14-32)33-26(23-15-20(29)16-24(30)27(23)36-28)17-25(31-33)19-7-9-22(10-8-19)35-21-5-3-2-4-6-21/h2-10,15-16,26H,11-14,17H2,1H3/t26-/m0/s1. The van der Waals surface area contributed by atoms with E-state index in [1.165, 1.54) is 0 Å². The van der Waals surface area contributed by atoms with Crippen molar-refractivity contribution in [3.63, 3.8) is 0 Å². The van der Waals surface area contributed by atoms with Crippen LogP contribution in [0.25, 0.3) is 0 Å². The number of rotatable bonds is 3. The Morgan fingerprint density at radius 1 is 1.03 bits per heavy atom. The quantitative estimate of drug-likeness (QED) is 0.386. The third-order valence-electron chi connectivity index (χ3n) is 7.17. The van der Waals surface area contributed by atoms with E-state index in [2.05, 4.69) is 5.01 Å². The highest BCUT2D eigenvalue weighted by molar-refractivity contribution is 6.35. The molecular formula is C28H25Cl2N3O3. The molecule has 3 heterocycles. The van der Waals surface area contributed by atoms with Crippen molar-refractivity contribution in [1.29, 1.82) is 0 Å². The number of carbonyl (C=O) groups is 1. The molecule has 1 spiro atoms. The topological polar surface area (TPSA) is 54.4 Å². The van der Waals surface area contributed by atoms with E-state index in [0.29, 0.717) is 48.1 Å². The van der Waals surface area contributed by atoms with Crippen LogP contribution in [0.5, 0.6) is 17.2 Å². The molecule has 3 aromatic rings. The molecule has 36 heavy (non-hydrogen) atoms. The maximum Gasteiger partial charge on any atom is 0.219 e. The van der Waals surface area contributed by atoms with Gasteiger partial charge in [-0.15, -0.1) is 0 Å². The predicted molar refractivity (Wildman–Crippen MR) is 140 cm³/mol.